The van der Waals surface area contributed by atoms with Gasteiger partial charge in [-0.15, -0.1) is 0 Å². The zero-order chi connectivity index (χ0) is 11.5. The Morgan fingerprint density at radius 1 is 1.06 bits per heavy atom. The maximum atomic E-state index is 5.94. The molecule has 2 aromatic carbocycles. The Morgan fingerprint density at radius 3 is 2.50 bits per heavy atom. The van der Waals surface area contributed by atoms with Gasteiger partial charge in [-0.1, -0.05) is 18.2 Å². The van der Waals surface area contributed by atoms with Gasteiger partial charge >= 0.3 is 0 Å². The summed E-state index contributed by atoms with van der Waals surface area (Å²) in [6, 6.07) is 13.9. The quantitative estimate of drug-likeness (QED) is 0.811. The number of benzene rings is 2. The summed E-state index contributed by atoms with van der Waals surface area (Å²) in [5, 5.41) is 3.30. The van der Waals surface area contributed by atoms with Crippen LogP contribution in [0.15, 0.2) is 46.9 Å². The Morgan fingerprint density at radius 2 is 1.81 bits per heavy atom. The minimum absolute atomic E-state index is 0.760. The van der Waals surface area contributed by atoms with E-state index in [9.17, 15) is 0 Å². The molecule has 2 aromatic rings. The molecular formula is C13H13BrN2. The first-order valence-corrected chi connectivity index (χ1v) is 5.84. The fraction of sp³-hybridized carbons (Fsp3) is 0.0769. The van der Waals surface area contributed by atoms with Gasteiger partial charge in [0.2, 0.25) is 0 Å². The summed E-state index contributed by atoms with van der Waals surface area (Å²) in [5.41, 5.74) is 9.80. The molecule has 0 bridgehead atoms. The van der Waals surface area contributed by atoms with Crippen molar-refractivity contribution in [3.8, 4) is 0 Å². The second-order valence-corrected chi connectivity index (χ2v) is 4.55. The minimum atomic E-state index is 0.760. The van der Waals surface area contributed by atoms with E-state index in [2.05, 4.69) is 21.2 Å². The largest absolute Gasteiger partial charge is 0.397 e. The number of halogens is 1. The van der Waals surface area contributed by atoms with E-state index in [0.29, 0.717) is 0 Å². The van der Waals surface area contributed by atoms with E-state index in [1.54, 1.807) is 0 Å². The lowest BCUT2D eigenvalue weighted by atomic mass is 10.2. The first kappa shape index (κ1) is 11.0. The Kier molecular flexibility index (Phi) is 3.15. The van der Waals surface area contributed by atoms with Gasteiger partial charge in [0.15, 0.2) is 0 Å². The smallest absolute Gasteiger partial charge is 0.0618 e. The van der Waals surface area contributed by atoms with Gasteiger partial charge in [-0.25, -0.2) is 0 Å². The van der Waals surface area contributed by atoms with Crippen LogP contribution in [0.5, 0.6) is 0 Å². The average molecular weight is 277 g/mol. The number of para-hydroxylation sites is 1. The third-order valence-electron chi connectivity index (χ3n) is 2.35. The highest BCUT2D eigenvalue weighted by Crippen LogP contribution is 2.28. The van der Waals surface area contributed by atoms with E-state index in [1.165, 1.54) is 0 Å². The molecule has 3 N–H and O–H groups in total. The van der Waals surface area contributed by atoms with E-state index in [1.807, 2.05) is 49.4 Å². The Bertz CT molecular complexity index is 509. The van der Waals surface area contributed by atoms with Crippen molar-refractivity contribution in [1.29, 1.82) is 0 Å². The van der Waals surface area contributed by atoms with Gasteiger partial charge in [-0.3, -0.25) is 0 Å². The highest BCUT2D eigenvalue weighted by Gasteiger charge is 2.02. The zero-order valence-electron chi connectivity index (χ0n) is 9.00. The molecule has 0 aliphatic carbocycles. The van der Waals surface area contributed by atoms with Crippen molar-refractivity contribution < 1.29 is 0 Å². The van der Waals surface area contributed by atoms with Crippen LogP contribution >= 0.6 is 15.9 Å². The number of hydrogen-bond acceptors (Lipinski definition) is 2. The van der Waals surface area contributed by atoms with Crippen LogP contribution in [0, 0.1) is 6.92 Å². The second kappa shape index (κ2) is 4.58. The van der Waals surface area contributed by atoms with E-state index < -0.39 is 0 Å². The Hall–Kier alpha value is -1.48. The molecule has 82 valence electrons. The lowest BCUT2D eigenvalue weighted by molar-refractivity contribution is 1.45. The zero-order valence-corrected chi connectivity index (χ0v) is 10.6. The van der Waals surface area contributed by atoms with Crippen LogP contribution in [-0.4, -0.2) is 0 Å². The van der Waals surface area contributed by atoms with Gasteiger partial charge in [0.25, 0.3) is 0 Å². The fourth-order valence-corrected chi connectivity index (χ4v) is 1.89. The summed E-state index contributed by atoms with van der Waals surface area (Å²) in [5.74, 6) is 0. The number of nitrogen functional groups attached to an aromatic ring is 1. The Balaban J connectivity index is 2.31. The average Bonchev–Trinajstić information content (AvgIpc) is 2.25. The molecule has 0 heterocycles. The maximum Gasteiger partial charge on any atom is 0.0618 e. The van der Waals surface area contributed by atoms with Gasteiger partial charge in [0, 0.05) is 4.47 Å². The molecule has 3 heteroatoms. The van der Waals surface area contributed by atoms with Crippen molar-refractivity contribution in [3.05, 3.63) is 52.5 Å². The molecule has 0 aliphatic rings. The van der Waals surface area contributed by atoms with Crippen molar-refractivity contribution in [2.75, 3.05) is 11.1 Å². The molecule has 2 rings (SSSR count). The monoisotopic (exact) mass is 276 g/mol. The van der Waals surface area contributed by atoms with Crippen LogP contribution in [-0.2, 0) is 0 Å². The minimum Gasteiger partial charge on any atom is -0.397 e. The molecule has 0 saturated heterocycles. The van der Waals surface area contributed by atoms with Gasteiger partial charge in [-0.05, 0) is 52.7 Å². The number of aryl methyl sites for hydroxylation is 1. The summed E-state index contributed by atoms with van der Waals surface area (Å²) in [6.07, 6.45) is 0. The first-order chi connectivity index (χ1) is 7.66. The number of hydrogen-bond donors (Lipinski definition) is 2. The van der Waals surface area contributed by atoms with Gasteiger partial charge in [-0.2, -0.15) is 0 Å². The lowest BCUT2D eigenvalue weighted by Gasteiger charge is -2.11. The number of nitrogens with two attached hydrogens (primary N) is 1. The highest BCUT2D eigenvalue weighted by atomic mass is 79.9. The molecule has 0 saturated carbocycles. The van der Waals surface area contributed by atoms with Gasteiger partial charge in [0.05, 0.1) is 17.1 Å². The first-order valence-electron chi connectivity index (χ1n) is 5.04. The SMILES string of the molecule is Cc1ccc(Nc2ccccc2Br)c(N)c1. The predicted octanol–water partition coefficient (Wildman–Crippen LogP) is 4.08. The van der Waals surface area contributed by atoms with Crippen LogP contribution in [0.25, 0.3) is 0 Å². The standard InChI is InChI=1S/C13H13BrN2/c1-9-6-7-13(11(15)8-9)16-12-5-3-2-4-10(12)14/h2-8,16H,15H2,1H3. The number of anilines is 3. The van der Waals surface area contributed by atoms with Crippen molar-refractivity contribution in [2.24, 2.45) is 0 Å². The van der Waals surface area contributed by atoms with E-state index >= 15 is 0 Å². The Labute approximate surface area is 104 Å². The molecule has 0 aromatic heterocycles. The summed E-state index contributed by atoms with van der Waals surface area (Å²) in [7, 11) is 0. The summed E-state index contributed by atoms with van der Waals surface area (Å²) in [6.45, 7) is 2.03. The molecule has 0 atom stereocenters. The van der Waals surface area contributed by atoms with E-state index in [4.69, 9.17) is 5.73 Å². The van der Waals surface area contributed by atoms with Crippen LogP contribution < -0.4 is 11.1 Å². The van der Waals surface area contributed by atoms with E-state index in [-0.39, 0.29) is 0 Å². The molecule has 0 unspecified atom stereocenters. The fourth-order valence-electron chi connectivity index (χ4n) is 1.50. The molecule has 0 amide bonds. The molecule has 0 radical (unpaired) electrons. The van der Waals surface area contributed by atoms with Crippen LogP contribution in [0.2, 0.25) is 0 Å². The van der Waals surface area contributed by atoms with Crippen LogP contribution in [0.4, 0.5) is 17.1 Å². The molecule has 0 fully saturated rings. The molecule has 0 aliphatic heterocycles. The predicted molar refractivity (Wildman–Crippen MR) is 73.0 cm³/mol. The molecule has 16 heavy (non-hydrogen) atoms. The van der Waals surface area contributed by atoms with Crippen molar-refractivity contribution >= 4 is 33.0 Å². The van der Waals surface area contributed by atoms with Gasteiger partial charge < -0.3 is 11.1 Å². The second-order valence-electron chi connectivity index (χ2n) is 3.70. The van der Waals surface area contributed by atoms with Crippen LogP contribution in [0.3, 0.4) is 0 Å². The van der Waals surface area contributed by atoms with Gasteiger partial charge in [0.1, 0.15) is 0 Å². The molecule has 2 nitrogen and oxygen atoms in total. The molecular weight excluding hydrogens is 264 g/mol. The van der Waals surface area contributed by atoms with Crippen LogP contribution in [0.1, 0.15) is 5.56 Å². The van der Waals surface area contributed by atoms with Crippen molar-refractivity contribution in [3.63, 3.8) is 0 Å². The summed E-state index contributed by atoms with van der Waals surface area (Å²) in [4.78, 5) is 0. The van der Waals surface area contributed by atoms with E-state index in [0.717, 1.165) is 27.1 Å². The number of rotatable bonds is 2. The summed E-state index contributed by atoms with van der Waals surface area (Å²) < 4.78 is 1.02. The maximum absolute atomic E-state index is 5.94. The third kappa shape index (κ3) is 2.36. The number of nitrogens with one attached hydrogen (secondary N) is 1. The van der Waals surface area contributed by atoms with Crippen molar-refractivity contribution in [2.45, 2.75) is 6.92 Å². The summed E-state index contributed by atoms with van der Waals surface area (Å²) >= 11 is 3.49. The lowest BCUT2D eigenvalue weighted by Crippen LogP contribution is -1.97. The highest BCUT2D eigenvalue weighted by molar-refractivity contribution is 9.10. The topological polar surface area (TPSA) is 38.0 Å². The third-order valence-corrected chi connectivity index (χ3v) is 3.04. The normalized spacial score (nSPS) is 10.1. The van der Waals surface area contributed by atoms with Crippen molar-refractivity contribution in [1.82, 2.24) is 0 Å². The molecule has 0 spiro atoms.